The van der Waals surface area contributed by atoms with Crippen LogP contribution in [-0.4, -0.2) is 40.3 Å². The maximum atomic E-state index is 12.6. The standard InChI is InChI=1S/C23H24N4O4S/c1-15(17-5-8-19-20(13-17)31-12-11-30-19)25-22(29)16-3-6-18(7-4-16)26-21(28)14-32-23-24-9-10-27(23)2/h3-10,13,15H,11-12,14H2,1-2H3,(H,25,29)(H,26,28). The summed E-state index contributed by atoms with van der Waals surface area (Å²) in [5.41, 5.74) is 2.07. The number of amides is 2. The van der Waals surface area contributed by atoms with Gasteiger partial charge in [-0.15, -0.1) is 0 Å². The average Bonchev–Trinajstić information content (AvgIpc) is 3.22. The van der Waals surface area contributed by atoms with E-state index in [0.717, 1.165) is 16.5 Å². The van der Waals surface area contributed by atoms with E-state index in [4.69, 9.17) is 9.47 Å². The number of thioether (sulfide) groups is 1. The summed E-state index contributed by atoms with van der Waals surface area (Å²) in [6.07, 6.45) is 3.53. The van der Waals surface area contributed by atoms with E-state index in [1.165, 1.54) is 11.8 Å². The van der Waals surface area contributed by atoms with Crippen molar-refractivity contribution in [2.75, 3.05) is 24.3 Å². The summed E-state index contributed by atoms with van der Waals surface area (Å²) in [4.78, 5) is 29.0. The third-order valence-corrected chi connectivity index (χ3v) is 6.01. The number of nitrogens with zero attached hydrogens (tertiary/aromatic N) is 2. The van der Waals surface area contributed by atoms with Gasteiger partial charge in [0.25, 0.3) is 5.91 Å². The van der Waals surface area contributed by atoms with Crippen LogP contribution in [0.4, 0.5) is 5.69 Å². The van der Waals surface area contributed by atoms with Crippen molar-refractivity contribution in [2.45, 2.75) is 18.1 Å². The Morgan fingerprint density at radius 1 is 1.12 bits per heavy atom. The summed E-state index contributed by atoms with van der Waals surface area (Å²) >= 11 is 1.36. The molecule has 1 unspecified atom stereocenters. The molecule has 1 aliphatic rings. The zero-order chi connectivity index (χ0) is 22.5. The number of ether oxygens (including phenoxy) is 2. The molecular weight excluding hydrogens is 428 g/mol. The highest BCUT2D eigenvalue weighted by Crippen LogP contribution is 2.32. The number of aryl methyl sites for hydroxylation is 1. The molecule has 1 aliphatic heterocycles. The minimum Gasteiger partial charge on any atom is -0.486 e. The summed E-state index contributed by atoms with van der Waals surface area (Å²) in [6.45, 7) is 2.97. The van der Waals surface area contributed by atoms with Crippen LogP contribution in [0.2, 0.25) is 0 Å². The molecule has 3 aromatic rings. The molecular formula is C23H24N4O4S. The molecule has 2 N–H and O–H groups in total. The highest BCUT2D eigenvalue weighted by molar-refractivity contribution is 7.99. The molecule has 8 nitrogen and oxygen atoms in total. The minimum atomic E-state index is -0.208. The highest BCUT2D eigenvalue weighted by atomic mass is 32.2. The van der Waals surface area contributed by atoms with Gasteiger partial charge in [-0.05, 0) is 48.9 Å². The van der Waals surface area contributed by atoms with Gasteiger partial charge >= 0.3 is 0 Å². The number of benzene rings is 2. The first kappa shape index (κ1) is 21.8. The molecule has 0 radical (unpaired) electrons. The predicted molar refractivity (Wildman–Crippen MR) is 122 cm³/mol. The number of hydrogen-bond donors (Lipinski definition) is 2. The van der Waals surface area contributed by atoms with Crippen molar-refractivity contribution in [1.82, 2.24) is 14.9 Å². The summed E-state index contributed by atoms with van der Waals surface area (Å²) in [7, 11) is 1.88. The van der Waals surface area contributed by atoms with E-state index in [0.29, 0.717) is 30.2 Å². The number of imidazole rings is 1. The Morgan fingerprint density at radius 3 is 2.59 bits per heavy atom. The van der Waals surface area contributed by atoms with Crippen molar-refractivity contribution in [3.63, 3.8) is 0 Å². The molecule has 0 fully saturated rings. The number of nitrogens with one attached hydrogen (secondary N) is 2. The lowest BCUT2D eigenvalue weighted by Gasteiger charge is -2.21. The molecule has 2 aromatic carbocycles. The van der Waals surface area contributed by atoms with Crippen molar-refractivity contribution in [1.29, 1.82) is 0 Å². The summed E-state index contributed by atoms with van der Waals surface area (Å²) in [6, 6.07) is 12.3. The van der Waals surface area contributed by atoms with Crippen LogP contribution < -0.4 is 20.1 Å². The second-order valence-corrected chi connectivity index (χ2v) is 8.28. The van der Waals surface area contributed by atoms with Crippen LogP contribution >= 0.6 is 11.8 Å². The molecule has 1 aromatic heterocycles. The lowest BCUT2D eigenvalue weighted by molar-refractivity contribution is -0.113. The van der Waals surface area contributed by atoms with Gasteiger partial charge in [0.05, 0.1) is 11.8 Å². The van der Waals surface area contributed by atoms with E-state index in [1.54, 1.807) is 30.5 Å². The maximum Gasteiger partial charge on any atom is 0.251 e. The van der Waals surface area contributed by atoms with Crippen molar-refractivity contribution in [3.8, 4) is 11.5 Å². The Bertz CT molecular complexity index is 1110. The molecule has 2 amide bonds. The smallest absolute Gasteiger partial charge is 0.251 e. The largest absolute Gasteiger partial charge is 0.486 e. The predicted octanol–water partition coefficient (Wildman–Crippen LogP) is 3.41. The van der Waals surface area contributed by atoms with Gasteiger partial charge in [0, 0.05) is 30.7 Å². The Labute approximate surface area is 190 Å². The number of rotatable bonds is 7. The zero-order valence-corrected chi connectivity index (χ0v) is 18.6. The van der Waals surface area contributed by atoms with Gasteiger partial charge in [-0.25, -0.2) is 4.98 Å². The van der Waals surface area contributed by atoms with Gasteiger partial charge < -0.3 is 24.7 Å². The fourth-order valence-corrected chi connectivity index (χ4v) is 3.95. The second kappa shape index (κ2) is 9.78. The fourth-order valence-electron chi connectivity index (χ4n) is 3.22. The van der Waals surface area contributed by atoms with E-state index in [2.05, 4.69) is 15.6 Å². The number of fused-ring (bicyclic) bond motifs is 1. The monoisotopic (exact) mass is 452 g/mol. The zero-order valence-electron chi connectivity index (χ0n) is 17.8. The number of carbonyl (C=O) groups excluding carboxylic acids is 2. The van der Waals surface area contributed by atoms with E-state index in [-0.39, 0.29) is 23.6 Å². The van der Waals surface area contributed by atoms with Crippen LogP contribution in [0, 0.1) is 0 Å². The van der Waals surface area contributed by atoms with E-state index in [1.807, 2.05) is 42.9 Å². The third kappa shape index (κ3) is 5.23. The lowest BCUT2D eigenvalue weighted by atomic mass is 10.1. The first-order chi connectivity index (χ1) is 15.5. The molecule has 1 atom stereocenters. The third-order valence-electron chi connectivity index (χ3n) is 4.95. The molecule has 9 heteroatoms. The van der Waals surface area contributed by atoms with Crippen molar-refractivity contribution in [2.24, 2.45) is 7.05 Å². The molecule has 2 heterocycles. The maximum absolute atomic E-state index is 12.6. The normalized spacial score (nSPS) is 13.3. The Morgan fingerprint density at radius 2 is 1.88 bits per heavy atom. The van der Waals surface area contributed by atoms with Gasteiger partial charge in [-0.1, -0.05) is 17.8 Å². The molecule has 4 rings (SSSR count). The molecule has 0 bridgehead atoms. The van der Waals surface area contributed by atoms with Gasteiger partial charge in [-0.2, -0.15) is 0 Å². The number of anilines is 1. The van der Waals surface area contributed by atoms with Crippen LogP contribution in [0.3, 0.4) is 0 Å². The number of hydrogen-bond acceptors (Lipinski definition) is 6. The Kier molecular flexibility index (Phi) is 6.65. The topological polar surface area (TPSA) is 94.5 Å². The van der Waals surface area contributed by atoms with Crippen LogP contribution in [-0.2, 0) is 11.8 Å². The van der Waals surface area contributed by atoms with Crippen LogP contribution in [0.25, 0.3) is 0 Å². The molecule has 0 saturated carbocycles. The SMILES string of the molecule is CC(NC(=O)c1ccc(NC(=O)CSc2nccn2C)cc1)c1ccc2c(c1)OCCO2. The van der Waals surface area contributed by atoms with E-state index >= 15 is 0 Å². The van der Waals surface area contributed by atoms with Crippen molar-refractivity contribution >= 4 is 29.3 Å². The number of aromatic nitrogens is 2. The first-order valence-corrected chi connectivity index (χ1v) is 11.2. The summed E-state index contributed by atoms with van der Waals surface area (Å²) in [5.74, 6) is 1.32. The van der Waals surface area contributed by atoms with Gasteiger partial charge in [0.1, 0.15) is 13.2 Å². The lowest BCUT2D eigenvalue weighted by Crippen LogP contribution is -2.27. The average molecular weight is 453 g/mol. The Balaban J connectivity index is 1.30. The molecule has 0 saturated heterocycles. The van der Waals surface area contributed by atoms with Gasteiger partial charge in [-0.3, -0.25) is 9.59 Å². The summed E-state index contributed by atoms with van der Waals surface area (Å²) in [5, 5.41) is 6.59. The first-order valence-electron chi connectivity index (χ1n) is 10.2. The van der Waals surface area contributed by atoms with E-state index < -0.39 is 0 Å². The molecule has 0 aliphatic carbocycles. The van der Waals surface area contributed by atoms with E-state index in [9.17, 15) is 9.59 Å². The van der Waals surface area contributed by atoms with Crippen LogP contribution in [0.15, 0.2) is 60.0 Å². The quantitative estimate of drug-likeness (QED) is 0.534. The molecule has 0 spiro atoms. The molecule has 32 heavy (non-hydrogen) atoms. The molecule has 166 valence electrons. The fraction of sp³-hybridized carbons (Fsp3) is 0.261. The Hall–Kier alpha value is -3.46. The minimum absolute atomic E-state index is 0.137. The second-order valence-electron chi connectivity index (χ2n) is 7.33. The van der Waals surface area contributed by atoms with Crippen molar-refractivity contribution < 1.29 is 19.1 Å². The van der Waals surface area contributed by atoms with Crippen LogP contribution in [0.5, 0.6) is 11.5 Å². The van der Waals surface area contributed by atoms with Crippen molar-refractivity contribution in [3.05, 3.63) is 66.0 Å². The van der Waals surface area contributed by atoms with Crippen LogP contribution in [0.1, 0.15) is 28.9 Å². The van der Waals surface area contributed by atoms with Gasteiger partial charge in [0.15, 0.2) is 16.7 Å². The number of carbonyl (C=O) groups is 2. The highest BCUT2D eigenvalue weighted by Gasteiger charge is 2.16. The van der Waals surface area contributed by atoms with Gasteiger partial charge in [0.2, 0.25) is 5.91 Å². The summed E-state index contributed by atoms with van der Waals surface area (Å²) < 4.78 is 13.0.